The minimum atomic E-state index is -0.395. The SMILES string of the molecule is N#CC(c1ccccc1)C(c1ccccc1)C(C#N)c1ccccc1. The molecule has 0 saturated carbocycles. The Labute approximate surface area is 148 Å². The maximum atomic E-state index is 9.94. The van der Waals surface area contributed by atoms with Gasteiger partial charge in [-0.25, -0.2) is 0 Å². The normalized spacial score (nSPS) is 13.8. The molecule has 0 radical (unpaired) electrons. The Balaban J connectivity index is 2.13. The molecule has 0 fully saturated rings. The lowest BCUT2D eigenvalue weighted by Crippen LogP contribution is -2.17. The summed E-state index contributed by atoms with van der Waals surface area (Å²) in [6.45, 7) is 0. The van der Waals surface area contributed by atoms with Crippen LogP contribution < -0.4 is 0 Å². The first-order valence-corrected chi connectivity index (χ1v) is 8.29. The van der Waals surface area contributed by atoms with Crippen molar-refractivity contribution in [1.29, 1.82) is 10.5 Å². The largest absolute Gasteiger partial charge is 0.198 e. The average Bonchev–Trinajstić information content (AvgIpc) is 2.70. The fraction of sp³-hybridized carbons (Fsp3) is 0.130. The van der Waals surface area contributed by atoms with Crippen LogP contribution in [-0.4, -0.2) is 0 Å². The molecule has 2 heteroatoms. The van der Waals surface area contributed by atoms with Crippen LogP contribution in [0, 0.1) is 22.7 Å². The Morgan fingerprint density at radius 3 is 1.12 bits per heavy atom. The number of hydrogen-bond acceptors (Lipinski definition) is 2. The molecule has 0 bridgehead atoms. The average molecular weight is 322 g/mol. The molecule has 25 heavy (non-hydrogen) atoms. The quantitative estimate of drug-likeness (QED) is 0.632. The van der Waals surface area contributed by atoms with E-state index in [-0.39, 0.29) is 5.92 Å². The molecule has 120 valence electrons. The van der Waals surface area contributed by atoms with Crippen LogP contribution in [0.15, 0.2) is 91.0 Å². The zero-order valence-corrected chi connectivity index (χ0v) is 13.8. The minimum absolute atomic E-state index is 0.235. The van der Waals surface area contributed by atoms with Gasteiger partial charge < -0.3 is 0 Å². The summed E-state index contributed by atoms with van der Waals surface area (Å²) in [7, 11) is 0. The lowest BCUT2D eigenvalue weighted by molar-refractivity contribution is 0.577. The van der Waals surface area contributed by atoms with Gasteiger partial charge in [0.25, 0.3) is 0 Å². The van der Waals surface area contributed by atoms with E-state index in [0.717, 1.165) is 16.7 Å². The number of hydrogen-bond donors (Lipinski definition) is 0. The van der Waals surface area contributed by atoms with Crippen molar-refractivity contribution < 1.29 is 0 Å². The maximum Gasteiger partial charge on any atom is 0.0797 e. The Hall–Kier alpha value is -3.36. The molecule has 2 atom stereocenters. The van der Waals surface area contributed by atoms with Crippen LogP contribution in [0.2, 0.25) is 0 Å². The summed E-state index contributed by atoms with van der Waals surface area (Å²) in [4.78, 5) is 0. The first kappa shape index (κ1) is 16.5. The van der Waals surface area contributed by atoms with E-state index in [4.69, 9.17) is 0 Å². The summed E-state index contributed by atoms with van der Waals surface area (Å²) in [6.07, 6.45) is 0. The second-order valence-electron chi connectivity index (χ2n) is 5.97. The highest BCUT2D eigenvalue weighted by Gasteiger charge is 2.33. The second kappa shape index (κ2) is 7.95. The molecular formula is C23H18N2. The molecule has 2 nitrogen and oxygen atoms in total. The van der Waals surface area contributed by atoms with Gasteiger partial charge in [0.1, 0.15) is 0 Å². The number of nitriles is 2. The molecule has 0 aliphatic heterocycles. The molecule has 0 amide bonds. The zero-order chi connectivity index (χ0) is 17.5. The predicted molar refractivity (Wildman–Crippen MR) is 98.8 cm³/mol. The minimum Gasteiger partial charge on any atom is -0.198 e. The van der Waals surface area contributed by atoms with E-state index in [9.17, 15) is 10.5 Å². The van der Waals surface area contributed by atoms with Gasteiger partial charge in [-0.05, 0) is 16.7 Å². The maximum absolute atomic E-state index is 9.94. The van der Waals surface area contributed by atoms with E-state index in [1.807, 2.05) is 91.0 Å². The first-order valence-electron chi connectivity index (χ1n) is 8.29. The van der Waals surface area contributed by atoms with Gasteiger partial charge in [-0.1, -0.05) is 91.0 Å². The van der Waals surface area contributed by atoms with Crippen LogP contribution in [0.5, 0.6) is 0 Å². The number of benzene rings is 3. The summed E-state index contributed by atoms with van der Waals surface area (Å²) in [5.74, 6) is -1.03. The highest BCUT2D eigenvalue weighted by atomic mass is 14.4. The van der Waals surface area contributed by atoms with Gasteiger partial charge in [-0.3, -0.25) is 0 Å². The van der Waals surface area contributed by atoms with Crippen molar-refractivity contribution >= 4 is 0 Å². The van der Waals surface area contributed by atoms with E-state index in [0.29, 0.717) is 0 Å². The monoisotopic (exact) mass is 322 g/mol. The van der Waals surface area contributed by atoms with Crippen molar-refractivity contribution in [1.82, 2.24) is 0 Å². The van der Waals surface area contributed by atoms with E-state index < -0.39 is 11.8 Å². The molecule has 0 spiro atoms. The first-order chi connectivity index (χ1) is 12.3. The molecule has 3 aromatic carbocycles. The summed E-state index contributed by atoms with van der Waals surface area (Å²) < 4.78 is 0. The van der Waals surface area contributed by atoms with E-state index >= 15 is 0 Å². The van der Waals surface area contributed by atoms with Crippen molar-refractivity contribution in [3.63, 3.8) is 0 Å². The topological polar surface area (TPSA) is 47.6 Å². The zero-order valence-electron chi connectivity index (χ0n) is 13.8. The van der Waals surface area contributed by atoms with Gasteiger partial charge in [0.05, 0.1) is 24.0 Å². The van der Waals surface area contributed by atoms with Crippen LogP contribution in [0.4, 0.5) is 0 Å². The van der Waals surface area contributed by atoms with Gasteiger partial charge in [0.2, 0.25) is 0 Å². The fourth-order valence-electron chi connectivity index (χ4n) is 3.30. The van der Waals surface area contributed by atoms with Gasteiger partial charge in [-0.2, -0.15) is 10.5 Å². The van der Waals surface area contributed by atoms with Gasteiger partial charge in [-0.15, -0.1) is 0 Å². The molecule has 2 unspecified atom stereocenters. The van der Waals surface area contributed by atoms with Crippen LogP contribution in [0.25, 0.3) is 0 Å². The molecular weight excluding hydrogens is 304 g/mol. The fourth-order valence-corrected chi connectivity index (χ4v) is 3.30. The second-order valence-corrected chi connectivity index (χ2v) is 5.97. The molecule has 0 N–H and O–H groups in total. The van der Waals surface area contributed by atoms with Crippen LogP contribution in [0.1, 0.15) is 34.4 Å². The summed E-state index contributed by atoms with van der Waals surface area (Å²) in [5, 5.41) is 19.9. The lowest BCUT2D eigenvalue weighted by Gasteiger charge is -2.27. The Kier molecular flexibility index (Phi) is 5.25. The van der Waals surface area contributed by atoms with Crippen molar-refractivity contribution in [3.05, 3.63) is 108 Å². The predicted octanol–water partition coefficient (Wildman–Crippen LogP) is 5.38. The molecule has 0 aliphatic carbocycles. The van der Waals surface area contributed by atoms with Crippen LogP contribution >= 0.6 is 0 Å². The van der Waals surface area contributed by atoms with Gasteiger partial charge in [0.15, 0.2) is 0 Å². The molecule has 3 rings (SSSR count). The summed E-state index contributed by atoms with van der Waals surface area (Å²) in [6, 6.07) is 34.3. The number of rotatable bonds is 5. The lowest BCUT2D eigenvalue weighted by atomic mass is 9.72. The van der Waals surface area contributed by atoms with Crippen molar-refractivity contribution in [3.8, 4) is 12.1 Å². The van der Waals surface area contributed by atoms with Crippen molar-refractivity contribution in [2.75, 3.05) is 0 Å². The summed E-state index contributed by atoms with van der Waals surface area (Å²) >= 11 is 0. The van der Waals surface area contributed by atoms with Gasteiger partial charge >= 0.3 is 0 Å². The standard InChI is InChI=1S/C23H18N2/c24-16-21(18-10-4-1-5-11-18)23(20-14-8-3-9-15-20)22(17-25)19-12-6-2-7-13-19/h1-15,21-23H. The highest BCUT2D eigenvalue weighted by molar-refractivity contribution is 5.40. The van der Waals surface area contributed by atoms with Crippen LogP contribution in [0.3, 0.4) is 0 Å². The smallest absolute Gasteiger partial charge is 0.0797 e. The van der Waals surface area contributed by atoms with E-state index in [2.05, 4.69) is 12.1 Å². The highest BCUT2D eigenvalue weighted by Crippen LogP contribution is 2.42. The van der Waals surface area contributed by atoms with Crippen molar-refractivity contribution in [2.45, 2.75) is 17.8 Å². The summed E-state index contributed by atoms with van der Waals surface area (Å²) in [5.41, 5.74) is 2.89. The Morgan fingerprint density at radius 2 is 0.800 bits per heavy atom. The van der Waals surface area contributed by atoms with E-state index in [1.54, 1.807) is 0 Å². The molecule has 0 aliphatic rings. The molecule has 0 heterocycles. The number of nitrogens with zero attached hydrogens (tertiary/aromatic N) is 2. The molecule has 0 saturated heterocycles. The molecule has 3 aromatic rings. The van der Waals surface area contributed by atoms with E-state index in [1.165, 1.54) is 0 Å². The Morgan fingerprint density at radius 1 is 0.480 bits per heavy atom. The third-order valence-electron chi connectivity index (χ3n) is 4.50. The van der Waals surface area contributed by atoms with Gasteiger partial charge in [0, 0.05) is 5.92 Å². The third kappa shape index (κ3) is 3.60. The van der Waals surface area contributed by atoms with Crippen LogP contribution in [-0.2, 0) is 0 Å². The molecule has 0 aromatic heterocycles. The van der Waals surface area contributed by atoms with Crippen molar-refractivity contribution in [2.24, 2.45) is 0 Å². The third-order valence-corrected chi connectivity index (χ3v) is 4.50. The Bertz CT molecular complexity index is 817.